The number of aromatic nitrogens is 1. The number of rotatable bonds is 4. The maximum Gasteiger partial charge on any atom is 0.267 e. The van der Waals surface area contributed by atoms with Crippen LogP contribution in [0.5, 0.6) is 0 Å². The van der Waals surface area contributed by atoms with E-state index < -0.39 is 6.10 Å². The number of hydrogen-bond acceptors (Lipinski definition) is 2. The van der Waals surface area contributed by atoms with Gasteiger partial charge in [0.1, 0.15) is 11.5 Å². The van der Waals surface area contributed by atoms with Gasteiger partial charge in [0, 0.05) is 22.5 Å². The molecule has 6 heteroatoms. The van der Waals surface area contributed by atoms with Crippen molar-refractivity contribution in [3.05, 3.63) is 70.6 Å². The predicted molar refractivity (Wildman–Crippen MR) is 87.0 cm³/mol. The molecule has 1 amide bonds. The minimum Gasteiger partial charge on any atom is -0.387 e. The van der Waals surface area contributed by atoms with E-state index in [1.165, 1.54) is 24.3 Å². The minimum absolute atomic E-state index is 0.0284. The molecule has 1 aromatic heterocycles. The molecule has 1 unspecified atom stereocenters. The van der Waals surface area contributed by atoms with Crippen molar-refractivity contribution in [2.24, 2.45) is 0 Å². The fraction of sp³-hybridized carbons (Fsp3) is 0.118. The number of halogens is 2. The van der Waals surface area contributed by atoms with Crippen molar-refractivity contribution >= 4 is 28.4 Å². The van der Waals surface area contributed by atoms with Crippen molar-refractivity contribution in [1.82, 2.24) is 10.3 Å². The fourth-order valence-corrected chi connectivity index (χ4v) is 2.48. The predicted octanol–water partition coefficient (Wildman–Crippen LogP) is 3.42. The van der Waals surface area contributed by atoms with Gasteiger partial charge in [0.25, 0.3) is 5.91 Å². The first-order valence-corrected chi connectivity index (χ1v) is 7.41. The molecule has 0 bridgehead atoms. The monoisotopic (exact) mass is 332 g/mol. The molecule has 3 N–H and O–H groups in total. The average Bonchev–Trinajstić information content (AvgIpc) is 2.96. The van der Waals surface area contributed by atoms with Crippen LogP contribution in [0.1, 0.15) is 22.2 Å². The van der Waals surface area contributed by atoms with Gasteiger partial charge in [-0.25, -0.2) is 4.39 Å². The number of amides is 1. The number of benzene rings is 2. The Morgan fingerprint density at radius 1 is 1.22 bits per heavy atom. The van der Waals surface area contributed by atoms with Gasteiger partial charge in [-0.2, -0.15) is 0 Å². The van der Waals surface area contributed by atoms with Crippen LogP contribution in [0.2, 0.25) is 5.02 Å². The first-order valence-electron chi connectivity index (χ1n) is 7.03. The third kappa shape index (κ3) is 3.52. The van der Waals surface area contributed by atoms with E-state index in [9.17, 15) is 14.3 Å². The van der Waals surface area contributed by atoms with Gasteiger partial charge in [0.15, 0.2) is 0 Å². The van der Waals surface area contributed by atoms with Crippen molar-refractivity contribution < 1.29 is 14.3 Å². The maximum absolute atomic E-state index is 12.9. The standard InChI is InChI=1S/C17H14ClFN2O2/c18-12-4-1-11-7-15(21-14(11)8-12)17(23)20-9-16(22)10-2-5-13(19)6-3-10/h1-8,16,21-22H,9H2,(H,20,23). The number of nitrogens with one attached hydrogen (secondary N) is 2. The van der Waals surface area contributed by atoms with Crippen LogP contribution in [0.4, 0.5) is 4.39 Å². The molecule has 0 radical (unpaired) electrons. The molecule has 3 rings (SSSR count). The third-order valence-corrected chi connectivity index (χ3v) is 3.77. The Hall–Kier alpha value is -2.37. The minimum atomic E-state index is -0.904. The maximum atomic E-state index is 12.9. The van der Waals surface area contributed by atoms with Crippen LogP contribution in [0.25, 0.3) is 10.9 Å². The largest absolute Gasteiger partial charge is 0.387 e. The van der Waals surface area contributed by atoms with Crippen LogP contribution in [-0.2, 0) is 0 Å². The summed E-state index contributed by atoms with van der Waals surface area (Å²) in [6, 6.07) is 12.5. The Morgan fingerprint density at radius 2 is 1.96 bits per heavy atom. The summed E-state index contributed by atoms with van der Waals surface area (Å²) >= 11 is 5.91. The Bertz CT molecular complexity index is 845. The average molecular weight is 333 g/mol. The van der Waals surface area contributed by atoms with Crippen LogP contribution < -0.4 is 5.32 Å². The lowest BCUT2D eigenvalue weighted by Crippen LogP contribution is -2.28. The summed E-state index contributed by atoms with van der Waals surface area (Å²) in [5.74, 6) is -0.708. The van der Waals surface area contributed by atoms with E-state index in [4.69, 9.17) is 11.6 Å². The molecule has 0 spiro atoms. The lowest BCUT2D eigenvalue weighted by atomic mass is 10.1. The van der Waals surface area contributed by atoms with Gasteiger partial charge in [-0.05, 0) is 35.9 Å². The second kappa shape index (κ2) is 6.40. The lowest BCUT2D eigenvalue weighted by Gasteiger charge is -2.11. The molecule has 0 aliphatic rings. The van der Waals surface area contributed by atoms with Crippen molar-refractivity contribution in [3.63, 3.8) is 0 Å². The first kappa shape index (κ1) is 15.5. The zero-order chi connectivity index (χ0) is 16.4. The number of carbonyl (C=O) groups excluding carboxylic acids is 1. The molecular formula is C17H14ClFN2O2. The molecule has 0 aliphatic heterocycles. The Labute approximate surface area is 136 Å². The molecular weight excluding hydrogens is 319 g/mol. The SMILES string of the molecule is O=C(NCC(O)c1ccc(F)cc1)c1cc2ccc(Cl)cc2[nH]1. The molecule has 23 heavy (non-hydrogen) atoms. The van der Waals surface area contributed by atoms with E-state index in [1.807, 2.05) is 6.07 Å². The summed E-state index contributed by atoms with van der Waals surface area (Å²) in [7, 11) is 0. The molecule has 0 aliphatic carbocycles. The van der Waals surface area contributed by atoms with E-state index in [2.05, 4.69) is 10.3 Å². The second-order valence-electron chi connectivity index (χ2n) is 5.19. The zero-order valence-electron chi connectivity index (χ0n) is 12.0. The number of aliphatic hydroxyl groups excluding tert-OH is 1. The van der Waals surface area contributed by atoms with Crippen LogP contribution in [0.15, 0.2) is 48.5 Å². The summed E-state index contributed by atoms with van der Waals surface area (Å²) in [5.41, 5.74) is 1.69. The number of aromatic amines is 1. The Balaban J connectivity index is 1.67. The molecule has 2 aromatic carbocycles. The van der Waals surface area contributed by atoms with E-state index in [-0.39, 0.29) is 18.3 Å². The molecule has 0 fully saturated rings. The number of carbonyl (C=O) groups is 1. The quantitative estimate of drug-likeness (QED) is 0.685. The number of hydrogen-bond donors (Lipinski definition) is 3. The molecule has 118 valence electrons. The van der Waals surface area contributed by atoms with Crippen LogP contribution in [-0.4, -0.2) is 22.5 Å². The molecule has 1 atom stereocenters. The fourth-order valence-electron chi connectivity index (χ4n) is 2.31. The molecule has 1 heterocycles. The van der Waals surface area contributed by atoms with E-state index in [1.54, 1.807) is 18.2 Å². The van der Waals surface area contributed by atoms with Gasteiger partial charge in [-0.1, -0.05) is 29.8 Å². The Morgan fingerprint density at radius 3 is 2.70 bits per heavy atom. The van der Waals surface area contributed by atoms with Crippen LogP contribution in [0, 0.1) is 5.82 Å². The summed E-state index contributed by atoms with van der Waals surface area (Å²) in [4.78, 5) is 15.1. The summed E-state index contributed by atoms with van der Waals surface area (Å²) < 4.78 is 12.9. The third-order valence-electron chi connectivity index (χ3n) is 3.54. The summed E-state index contributed by atoms with van der Waals surface area (Å²) in [5, 5.41) is 14.1. The lowest BCUT2D eigenvalue weighted by molar-refractivity contribution is 0.0912. The molecule has 4 nitrogen and oxygen atoms in total. The Kier molecular flexibility index (Phi) is 4.32. The smallest absolute Gasteiger partial charge is 0.267 e. The molecule has 3 aromatic rings. The molecule has 0 saturated carbocycles. The van der Waals surface area contributed by atoms with Gasteiger partial charge < -0.3 is 15.4 Å². The van der Waals surface area contributed by atoms with E-state index in [0.717, 1.165) is 10.9 Å². The van der Waals surface area contributed by atoms with Crippen LogP contribution >= 0.6 is 11.6 Å². The van der Waals surface area contributed by atoms with E-state index >= 15 is 0 Å². The first-order chi connectivity index (χ1) is 11.0. The highest BCUT2D eigenvalue weighted by molar-refractivity contribution is 6.31. The highest BCUT2D eigenvalue weighted by Gasteiger charge is 2.13. The van der Waals surface area contributed by atoms with Gasteiger partial charge in [0.2, 0.25) is 0 Å². The summed E-state index contributed by atoms with van der Waals surface area (Å²) in [6.45, 7) is 0.0284. The summed E-state index contributed by atoms with van der Waals surface area (Å²) in [6.07, 6.45) is -0.904. The topological polar surface area (TPSA) is 65.1 Å². The highest BCUT2D eigenvalue weighted by atomic mass is 35.5. The van der Waals surface area contributed by atoms with Gasteiger partial charge in [-0.3, -0.25) is 4.79 Å². The number of fused-ring (bicyclic) bond motifs is 1. The highest BCUT2D eigenvalue weighted by Crippen LogP contribution is 2.20. The van der Waals surface area contributed by atoms with Gasteiger partial charge >= 0.3 is 0 Å². The number of H-pyrrole nitrogens is 1. The van der Waals surface area contributed by atoms with Crippen molar-refractivity contribution in [3.8, 4) is 0 Å². The number of aliphatic hydroxyl groups is 1. The van der Waals surface area contributed by atoms with Crippen LogP contribution in [0.3, 0.4) is 0 Å². The van der Waals surface area contributed by atoms with Crippen molar-refractivity contribution in [1.29, 1.82) is 0 Å². The zero-order valence-corrected chi connectivity index (χ0v) is 12.8. The van der Waals surface area contributed by atoms with Crippen molar-refractivity contribution in [2.75, 3.05) is 6.54 Å². The van der Waals surface area contributed by atoms with Gasteiger partial charge in [0.05, 0.1) is 6.10 Å². The van der Waals surface area contributed by atoms with Crippen molar-refractivity contribution in [2.45, 2.75) is 6.10 Å². The normalized spacial score (nSPS) is 12.3. The van der Waals surface area contributed by atoms with E-state index in [0.29, 0.717) is 16.3 Å². The van der Waals surface area contributed by atoms with Gasteiger partial charge in [-0.15, -0.1) is 0 Å². The molecule has 0 saturated heterocycles. The second-order valence-corrected chi connectivity index (χ2v) is 5.63.